The lowest BCUT2D eigenvalue weighted by Gasteiger charge is -1.82. The van der Waals surface area contributed by atoms with Crippen LogP contribution in [0.1, 0.15) is 39.0 Å². The number of pyridine rings is 1. The van der Waals surface area contributed by atoms with E-state index in [2.05, 4.69) is 15.0 Å². The smallest absolute Gasteiger partial charge is 0.0555 e. The third kappa shape index (κ3) is 12.3. The van der Waals surface area contributed by atoms with Crippen LogP contribution in [0, 0.1) is 13.8 Å². The normalized spacial score (nSPS) is 7.44. The van der Waals surface area contributed by atoms with Gasteiger partial charge in [0.25, 0.3) is 0 Å². The van der Waals surface area contributed by atoms with Crippen molar-refractivity contribution in [3.05, 3.63) is 54.4 Å². The molecule has 0 unspecified atom stereocenters. The summed E-state index contributed by atoms with van der Waals surface area (Å²) in [5.41, 5.74) is 2.22. The predicted molar refractivity (Wildman–Crippen MR) is 78.4 cm³/mol. The molecule has 3 heteroatoms. The quantitative estimate of drug-likeness (QED) is 0.699. The highest BCUT2D eigenvalue weighted by Gasteiger charge is 1.74. The van der Waals surface area contributed by atoms with Gasteiger partial charge in [0.1, 0.15) is 0 Å². The largest absolute Gasteiger partial charge is 0.265 e. The van der Waals surface area contributed by atoms with Gasteiger partial charge in [-0.1, -0.05) is 27.7 Å². The van der Waals surface area contributed by atoms with Crippen molar-refractivity contribution in [3.8, 4) is 0 Å². The molecule has 0 bridgehead atoms. The Labute approximate surface area is 111 Å². The van der Waals surface area contributed by atoms with Crippen molar-refractivity contribution in [2.45, 2.75) is 41.5 Å². The van der Waals surface area contributed by atoms with Crippen LogP contribution < -0.4 is 0 Å². The van der Waals surface area contributed by atoms with E-state index < -0.39 is 0 Å². The van der Waals surface area contributed by atoms with Gasteiger partial charge in [-0.2, -0.15) is 0 Å². The minimum absolute atomic E-state index is 0.961. The van der Waals surface area contributed by atoms with Crippen LogP contribution >= 0.6 is 0 Å². The maximum Gasteiger partial charge on any atom is 0.0555 e. The number of aryl methyl sites for hydroxylation is 2. The highest BCUT2D eigenvalue weighted by Crippen LogP contribution is 1.88. The molecule has 0 saturated carbocycles. The second-order valence-electron chi connectivity index (χ2n) is 2.87. The van der Waals surface area contributed by atoms with Crippen LogP contribution in [0.4, 0.5) is 0 Å². The lowest BCUT2D eigenvalue weighted by molar-refractivity contribution is 1.12. The molecule has 0 amide bonds. The first-order chi connectivity index (χ1) is 8.79. The molecule has 0 aromatic carbocycles. The summed E-state index contributed by atoms with van der Waals surface area (Å²) in [4.78, 5) is 11.6. The van der Waals surface area contributed by atoms with E-state index in [1.54, 1.807) is 31.0 Å². The van der Waals surface area contributed by atoms with Crippen LogP contribution in [0.3, 0.4) is 0 Å². The van der Waals surface area contributed by atoms with E-state index in [1.165, 1.54) is 5.56 Å². The summed E-state index contributed by atoms with van der Waals surface area (Å²) < 4.78 is 0. The van der Waals surface area contributed by atoms with Gasteiger partial charge in [0.05, 0.1) is 5.69 Å². The second-order valence-corrected chi connectivity index (χ2v) is 2.87. The number of rotatable bonds is 0. The monoisotopic (exact) mass is 247 g/mol. The fourth-order valence-electron chi connectivity index (χ4n) is 0.800. The van der Waals surface area contributed by atoms with E-state index in [1.807, 2.05) is 53.7 Å². The standard InChI is InChI=1S/C6H7N.C5H6N2.2C2H6/c1-6-2-4-7-5-3-6;1-5-4-6-2-3-7-5;2*1-2/h2-5H,1H3;2-4H,1H3;2*1-2H3. The highest BCUT2D eigenvalue weighted by molar-refractivity contribution is 5.05. The molecule has 0 aliphatic carbocycles. The van der Waals surface area contributed by atoms with Crippen molar-refractivity contribution in [3.63, 3.8) is 0 Å². The molecule has 0 saturated heterocycles. The Balaban J connectivity index is 0. The van der Waals surface area contributed by atoms with Gasteiger partial charge in [-0.05, 0) is 31.5 Å². The zero-order valence-corrected chi connectivity index (χ0v) is 12.4. The van der Waals surface area contributed by atoms with Crippen LogP contribution in [-0.2, 0) is 0 Å². The van der Waals surface area contributed by atoms with Gasteiger partial charge in [0.15, 0.2) is 0 Å². The summed E-state index contributed by atoms with van der Waals surface area (Å²) >= 11 is 0. The zero-order valence-electron chi connectivity index (χ0n) is 12.4. The first-order valence-corrected chi connectivity index (χ1v) is 6.38. The van der Waals surface area contributed by atoms with E-state index in [9.17, 15) is 0 Å². The third-order valence-electron chi connectivity index (χ3n) is 1.54. The minimum atomic E-state index is 0.961. The predicted octanol–water partition coefficient (Wildman–Crippen LogP) is 4.23. The Morgan fingerprint density at radius 3 is 1.50 bits per heavy atom. The molecule has 0 spiro atoms. The van der Waals surface area contributed by atoms with Crippen LogP contribution in [0.15, 0.2) is 43.1 Å². The molecule has 2 heterocycles. The van der Waals surface area contributed by atoms with Gasteiger partial charge in [-0.25, -0.2) is 0 Å². The number of hydrogen-bond acceptors (Lipinski definition) is 3. The average Bonchev–Trinajstić information content (AvgIpc) is 2.46. The van der Waals surface area contributed by atoms with Crippen LogP contribution in [-0.4, -0.2) is 15.0 Å². The van der Waals surface area contributed by atoms with Gasteiger partial charge < -0.3 is 0 Å². The summed E-state index contributed by atoms with van der Waals surface area (Å²) in [7, 11) is 0. The van der Waals surface area contributed by atoms with Crippen molar-refractivity contribution in [1.29, 1.82) is 0 Å². The van der Waals surface area contributed by atoms with Gasteiger partial charge in [-0.15, -0.1) is 0 Å². The molecule has 0 radical (unpaired) electrons. The molecule has 2 rings (SSSR count). The second kappa shape index (κ2) is 15.2. The number of aromatic nitrogens is 3. The molecule has 0 aliphatic heterocycles. The molecule has 100 valence electrons. The third-order valence-corrected chi connectivity index (χ3v) is 1.54. The van der Waals surface area contributed by atoms with Gasteiger partial charge >= 0.3 is 0 Å². The Hall–Kier alpha value is -1.77. The molecule has 3 nitrogen and oxygen atoms in total. The lowest BCUT2D eigenvalue weighted by atomic mass is 10.3. The van der Waals surface area contributed by atoms with E-state index in [0.717, 1.165) is 5.69 Å². The summed E-state index contributed by atoms with van der Waals surface area (Å²) in [6.07, 6.45) is 8.63. The maximum atomic E-state index is 3.92. The molecule has 18 heavy (non-hydrogen) atoms. The molecular formula is C15H25N3. The van der Waals surface area contributed by atoms with Gasteiger partial charge in [0.2, 0.25) is 0 Å². The molecule has 0 N–H and O–H groups in total. The molecule has 2 aromatic heterocycles. The van der Waals surface area contributed by atoms with Gasteiger partial charge in [-0.3, -0.25) is 15.0 Å². The number of nitrogens with zero attached hydrogens (tertiary/aromatic N) is 3. The first-order valence-electron chi connectivity index (χ1n) is 6.38. The summed E-state index contributed by atoms with van der Waals surface area (Å²) in [5, 5.41) is 0. The summed E-state index contributed by atoms with van der Waals surface area (Å²) in [5.74, 6) is 0. The van der Waals surface area contributed by atoms with Crippen LogP contribution in [0.25, 0.3) is 0 Å². The SMILES string of the molecule is CC.CC.Cc1ccncc1.Cc1cnccn1. The van der Waals surface area contributed by atoms with Crippen LogP contribution in [0.5, 0.6) is 0 Å². The molecule has 0 atom stereocenters. The van der Waals surface area contributed by atoms with Crippen molar-refractivity contribution in [2.75, 3.05) is 0 Å². The van der Waals surface area contributed by atoms with Crippen molar-refractivity contribution in [1.82, 2.24) is 15.0 Å². The van der Waals surface area contributed by atoms with E-state index in [-0.39, 0.29) is 0 Å². The molecule has 0 aliphatic rings. The van der Waals surface area contributed by atoms with E-state index >= 15 is 0 Å². The van der Waals surface area contributed by atoms with Gasteiger partial charge in [0, 0.05) is 31.0 Å². The summed E-state index contributed by atoms with van der Waals surface area (Å²) in [6, 6.07) is 3.94. The first kappa shape index (κ1) is 18.6. The number of hydrogen-bond donors (Lipinski definition) is 0. The zero-order chi connectivity index (χ0) is 14.2. The fraction of sp³-hybridized carbons (Fsp3) is 0.400. The fourth-order valence-corrected chi connectivity index (χ4v) is 0.800. The molecule has 0 fully saturated rings. The Kier molecular flexibility index (Phi) is 15.7. The molecular weight excluding hydrogens is 222 g/mol. The van der Waals surface area contributed by atoms with E-state index in [0.29, 0.717) is 0 Å². The highest BCUT2D eigenvalue weighted by atomic mass is 14.7. The van der Waals surface area contributed by atoms with Crippen molar-refractivity contribution < 1.29 is 0 Å². The lowest BCUT2D eigenvalue weighted by Crippen LogP contribution is -1.77. The Bertz CT molecular complexity index is 309. The van der Waals surface area contributed by atoms with E-state index in [4.69, 9.17) is 0 Å². The maximum absolute atomic E-state index is 3.92. The van der Waals surface area contributed by atoms with Crippen molar-refractivity contribution >= 4 is 0 Å². The topological polar surface area (TPSA) is 38.7 Å². The molecule has 2 aromatic rings. The summed E-state index contributed by atoms with van der Waals surface area (Å²) in [6.45, 7) is 12.0. The van der Waals surface area contributed by atoms with Crippen LogP contribution in [0.2, 0.25) is 0 Å². The van der Waals surface area contributed by atoms with Crippen molar-refractivity contribution in [2.24, 2.45) is 0 Å². The average molecular weight is 247 g/mol. The Morgan fingerprint density at radius 1 is 0.722 bits per heavy atom. The Morgan fingerprint density at radius 2 is 1.28 bits per heavy atom. The minimum Gasteiger partial charge on any atom is -0.265 e.